The minimum atomic E-state index is 0.610. The lowest BCUT2D eigenvalue weighted by Crippen LogP contribution is -2.36. The molecular formula is C17H18BrNO. The molecule has 1 fully saturated rings. The number of hydrogen-bond acceptors (Lipinski definition) is 2. The van der Waals surface area contributed by atoms with Crippen molar-refractivity contribution < 1.29 is 4.74 Å². The van der Waals surface area contributed by atoms with Gasteiger partial charge in [0.15, 0.2) is 0 Å². The summed E-state index contributed by atoms with van der Waals surface area (Å²) in [6.07, 6.45) is 1.34. The second-order valence-electron chi connectivity index (χ2n) is 5.19. The molecule has 1 heterocycles. The van der Waals surface area contributed by atoms with E-state index in [1.165, 1.54) is 30.6 Å². The number of rotatable bonds is 5. The van der Waals surface area contributed by atoms with E-state index in [4.69, 9.17) is 4.74 Å². The highest BCUT2D eigenvalue weighted by molar-refractivity contribution is 9.10. The molecule has 0 aromatic heterocycles. The molecule has 20 heavy (non-hydrogen) atoms. The Labute approximate surface area is 128 Å². The van der Waals surface area contributed by atoms with Crippen LogP contribution in [0.1, 0.15) is 17.5 Å². The van der Waals surface area contributed by atoms with Crippen molar-refractivity contribution in [3.63, 3.8) is 0 Å². The molecule has 2 aromatic rings. The first-order valence-corrected chi connectivity index (χ1v) is 7.77. The molecule has 3 heteroatoms. The molecule has 2 aromatic carbocycles. The van der Waals surface area contributed by atoms with Gasteiger partial charge in [-0.2, -0.15) is 0 Å². The van der Waals surface area contributed by atoms with Gasteiger partial charge < -0.3 is 4.74 Å². The highest BCUT2D eigenvalue weighted by Crippen LogP contribution is 2.18. The van der Waals surface area contributed by atoms with Gasteiger partial charge in [-0.25, -0.2) is 0 Å². The Morgan fingerprint density at radius 1 is 0.900 bits per heavy atom. The van der Waals surface area contributed by atoms with E-state index in [-0.39, 0.29) is 0 Å². The number of hydrogen-bond donors (Lipinski definition) is 0. The smallest absolute Gasteiger partial charge is 0.119 e. The fourth-order valence-electron chi connectivity index (χ4n) is 2.24. The van der Waals surface area contributed by atoms with Gasteiger partial charge in [-0.1, -0.05) is 40.2 Å². The summed E-state index contributed by atoms with van der Waals surface area (Å²) in [5.41, 5.74) is 2.54. The molecule has 0 saturated carbocycles. The lowest BCUT2D eigenvalue weighted by Gasteiger charge is -2.30. The molecule has 1 aliphatic rings. The number of benzene rings is 2. The number of likely N-dealkylation sites (tertiary alicyclic amines) is 1. The maximum Gasteiger partial charge on any atom is 0.119 e. The summed E-state index contributed by atoms with van der Waals surface area (Å²) in [4.78, 5) is 2.46. The first-order chi connectivity index (χ1) is 9.79. The number of nitrogens with zero attached hydrogens (tertiary/aromatic N) is 1. The van der Waals surface area contributed by atoms with Crippen LogP contribution in [0, 0.1) is 0 Å². The van der Waals surface area contributed by atoms with Crippen LogP contribution in [0.3, 0.4) is 0 Å². The van der Waals surface area contributed by atoms with E-state index in [1.54, 1.807) is 0 Å². The quantitative estimate of drug-likeness (QED) is 0.812. The van der Waals surface area contributed by atoms with Crippen molar-refractivity contribution in [2.24, 2.45) is 0 Å². The van der Waals surface area contributed by atoms with Crippen LogP contribution in [0.2, 0.25) is 0 Å². The number of halogens is 1. The Hall–Kier alpha value is -1.32. The maximum atomic E-state index is 5.80. The summed E-state index contributed by atoms with van der Waals surface area (Å²) < 4.78 is 6.90. The lowest BCUT2D eigenvalue weighted by atomic mass is 10.1. The zero-order chi connectivity index (χ0) is 13.8. The average molecular weight is 332 g/mol. The molecule has 0 amide bonds. The molecule has 0 aliphatic carbocycles. The number of ether oxygens (including phenoxy) is 1. The Balaban J connectivity index is 1.53. The van der Waals surface area contributed by atoms with Crippen molar-refractivity contribution in [1.82, 2.24) is 4.90 Å². The summed E-state index contributed by atoms with van der Waals surface area (Å²) in [5, 5.41) is 0. The third-order valence-corrected chi connectivity index (χ3v) is 4.13. The van der Waals surface area contributed by atoms with Crippen molar-refractivity contribution in [2.75, 3.05) is 13.1 Å². The van der Waals surface area contributed by atoms with E-state index in [1.807, 2.05) is 12.1 Å². The average Bonchev–Trinajstić information content (AvgIpc) is 2.44. The predicted octanol–water partition coefficient (Wildman–Crippen LogP) is 4.23. The van der Waals surface area contributed by atoms with Crippen LogP contribution in [0.5, 0.6) is 5.75 Å². The molecule has 0 N–H and O–H groups in total. The molecular weight excluding hydrogens is 314 g/mol. The van der Waals surface area contributed by atoms with Crippen LogP contribution in [-0.4, -0.2) is 18.0 Å². The summed E-state index contributed by atoms with van der Waals surface area (Å²) in [6.45, 7) is 4.15. The van der Waals surface area contributed by atoms with Gasteiger partial charge in [0.05, 0.1) is 0 Å². The van der Waals surface area contributed by atoms with E-state index in [2.05, 4.69) is 57.2 Å². The van der Waals surface area contributed by atoms with Gasteiger partial charge in [0.25, 0.3) is 0 Å². The fraction of sp³-hybridized carbons (Fsp3) is 0.294. The molecule has 0 unspecified atom stereocenters. The third-order valence-electron chi connectivity index (χ3n) is 3.60. The van der Waals surface area contributed by atoms with Gasteiger partial charge in [-0.15, -0.1) is 0 Å². The fourth-order valence-corrected chi connectivity index (χ4v) is 2.50. The zero-order valence-corrected chi connectivity index (χ0v) is 13.0. The van der Waals surface area contributed by atoms with Crippen LogP contribution in [0.25, 0.3) is 0 Å². The van der Waals surface area contributed by atoms with E-state index in [9.17, 15) is 0 Å². The molecule has 0 atom stereocenters. The summed E-state index contributed by atoms with van der Waals surface area (Å²) in [5.74, 6) is 0.931. The van der Waals surface area contributed by atoms with Crippen molar-refractivity contribution in [3.8, 4) is 5.75 Å². The lowest BCUT2D eigenvalue weighted by molar-refractivity contribution is 0.172. The molecule has 2 nitrogen and oxygen atoms in total. The van der Waals surface area contributed by atoms with E-state index in [0.717, 1.165) is 16.8 Å². The molecule has 0 radical (unpaired) electrons. The van der Waals surface area contributed by atoms with Crippen LogP contribution in [0.15, 0.2) is 53.0 Å². The molecule has 0 spiro atoms. The zero-order valence-electron chi connectivity index (χ0n) is 11.4. The molecule has 1 aliphatic heterocycles. The maximum absolute atomic E-state index is 5.80. The topological polar surface area (TPSA) is 12.5 Å². The van der Waals surface area contributed by atoms with Gasteiger partial charge in [0, 0.05) is 11.0 Å². The molecule has 0 bridgehead atoms. The van der Waals surface area contributed by atoms with Gasteiger partial charge in [-0.05, 0) is 54.9 Å². The van der Waals surface area contributed by atoms with Gasteiger partial charge in [0.1, 0.15) is 12.4 Å². The van der Waals surface area contributed by atoms with E-state index >= 15 is 0 Å². The van der Waals surface area contributed by atoms with Crippen molar-refractivity contribution in [2.45, 2.75) is 19.6 Å². The van der Waals surface area contributed by atoms with Crippen LogP contribution in [-0.2, 0) is 13.2 Å². The predicted molar refractivity (Wildman–Crippen MR) is 84.8 cm³/mol. The Bertz CT molecular complexity index is 546. The van der Waals surface area contributed by atoms with Gasteiger partial charge >= 0.3 is 0 Å². The Morgan fingerprint density at radius 2 is 1.55 bits per heavy atom. The van der Waals surface area contributed by atoms with E-state index < -0.39 is 0 Å². The van der Waals surface area contributed by atoms with Crippen molar-refractivity contribution >= 4 is 15.9 Å². The molecule has 3 rings (SSSR count). The van der Waals surface area contributed by atoms with Crippen LogP contribution >= 0.6 is 15.9 Å². The highest BCUT2D eigenvalue weighted by Gasteiger charge is 2.13. The first-order valence-electron chi connectivity index (χ1n) is 6.98. The second-order valence-corrected chi connectivity index (χ2v) is 6.10. The monoisotopic (exact) mass is 331 g/mol. The summed E-state index contributed by atoms with van der Waals surface area (Å²) in [7, 11) is 0. The van der Waals surface area contributed by atoms with Gasteiger partial charge in [0.2, 0.25) is 0 Å². The van der Waals surface area contributed by atoms with Crippen LogP contribution < -0.4 is 4.74 Å². The van der Waals surface area contributed by atoms with E-state index in [0.29, 0.717) is 6.61 Å². The standard InChI is InChI=1S/C17H18BrNO/c18-16-6-2-15(3-7-16)13-20-17-8-4-14(5-9-17)12-19-10-1-11-19/h2-9H,1,10-13H2. The van der Waals surface area contributed by atoms with Crippen LogP contribution in [0.4, 0.5) is 0 Å². The van der Waals surface area contributed by atoms with Gasteiger partial charge in [-0.3, -0.25) is 4.90 Å². The van der Waals surface area contributed by atoms with Crippen molar-refractivity contribution in [3.05, 3.63) is 64.1 Å². The SMILES string of the molecule is Brc1ccc(COc2ccc(CN3CCC3)cc2)cc1. The van der Waals surface area contributed by atoms with Crippen molar-refractivity contribution in [1.29, 1.82) is 0 Å². The third kappa shape index (κ3) is 3.62. The first kappa shape index (κ1) is 13.7. The normalized spacial score (nSPS) is 14.8. The summed E-state index contributed by atoms with van der Waals surface area (Å²) in [6, 6.07) is 16.7. The minimum Gasteiger partial charge on any atom is -0.489 e. The summed E-state index contributed by atoms with van der Waals surface area (Å²) >= 11 is 3.43. The Morgan fingerprint density at radius 3 is 2.15 bits per heavy atom. The minimum absolute atomic E-state index is 0.610. The second kappa shape index (κ2) is 6.42. The largest absolute Gasteiger partial charge is 0.489 e. The highest BCUT2D eigenvalue weighted by atomic mass is 79.9. The molecule has 104 valence electrons. The Kier molecular flexibility index (Phi) is 4.38. The molecule has 1 saturated heterocycles.